The minimum atomic E-state index is -1.98. The molecule has 1 amide bonds. The number of fused-ring (bicyclic) bond motifs is 1. The van der Waals surface area contributed by atoms with Gasteiger partial charge in [0.15, 0.2) is 19.8 Å². The smallest absolute Gasteiger partial charge is 0.408 e. The van der Waals surface area contributed by atoms with E-state index in [4.69, 9.17) is 13.9 Å². The maximum atomic E-state index is 12.7. The van der Waals surface area contributed by atoms with Gasteiger partial charge >= 0.3 is 6.09 Å². The van der Waals surface area contributed by atoms with Crippen LogP contribution in [0.15, 0.2) is 48.5 Å². The molecule has 2 aromatic heterocycles. The van der Waals surface area contributed by atoms with Crippen LogP contribution in [0.3, 0.4) is 0 Å². The van der Waals surface area contributed by atoms with Crippen LogP contribution in [-0.4, -0.2) is 41.2 Å². The average Bonchev–Trinajstić information content (AvgIpc) is 3.20. The van der Waals surface area contributed by atoms with E-state index < -0.39 is 26.1 Å². The van der Waals surface area contributed by atoms with E-state index in [1.165, 1.54) is 0 Å². The molecule has 8 nitrogen and oxygen atoms in total. The first kappa shape index (κ1) is 27.8. The summed E-state index contributed by atoms with van der Waals surface area (Å²) in [5, 5.41) is 11.8. The Kier molecular flexibility index (Phi) is 8.58. The van der Waals surface area contributed by atoms with Gasteiger partial charge in [-0.3, -0.25) is 4.40 Å². The SMILES string of the molecule is CC(C)(C)OC(=O)N[C@H](COCc1ccccc1)c1nnc2cccc(CO[Si](C)(C)C(C)(C)C)n12. The minimum Gasteiger partial charge on any atom is -0.444 e. The standard InChI is InChI=1S/C27H40N4O4Si/c1-26(2,3)35-25(32)28-22(19-33-17-20-13-10-9-11-14-20)24-30-29-23-16-12-15-21(31(23)24)18-34-36(7,8)27(4,5)6/h9-16,22H,17-19H2,1-8H3,(H,28,32)/t22-/m1/s1. The lowest BCUT2D eigenvalue weighted by Gasteiger charge is -2.36. The van der Waals surface area contributed by atoms with Gasteiger partial charge in [0.1, 0.15) is 11.6 Å². The number of carbonyl (C=O) groups is 1. The number of hydrogen-bond acceptors (Lipinski definition) is 6. The Morgan fingerprint density at radius 1 is 0.972 bits per heavy atom. The zero-order chi connectivity index (χ0) is 26.6. The van der Waals surface area contributed by atoms with Gasteiger partial charge in [-0.25, -0.2) is 4.79 Å². The number of benzene rings is 1. The summed E-state index contributed by atoms with van der Waals surface area (Å²) in [4.78, 5) is 12.7. The van der Waals surface area contributed by atoms with Crippen molar-refractivity contribution in [2.45, 2.75) is 84.5 Å². The summed E-state index contributed by atoms with van der Waals surface area (Å²) < 4.78 is 20.0. The normalized spacial score (nSPS) is 13.6. The summed E-state index contributed by atoms with van der Waals surface area (Å²) in [5.41, 5.74) is 2.01. The molecule has 0 aliphatic carbocycles. The third-order valence-corrected chi connectivity index (χ3v) is 10.8. The second kappa shape index (κ2) is 11.1. The number of alkyl carbamates (subject to hydrolysis) is 1. The number of rotatable bonds is 9. The third-order valence-electron chi connectivity index (χ3n) is 6.32. The Morgan fingerprint density at radius 3 is 2.31 bits per heavy atom. The molecule has 1 N–H and O–H groups in total. The number of carbonyl (C=O) groups excluding carboxylic acids is 1. The van der Waals surface area contributed by atoms with E-state index in [2.05, 4.69) is 49.4 Å². The number of hydrogen-bond donors (Lipinski definition) is 1. The Labute approximate surface area is 215 Å². The number of nitrogens with zero attached hydrogens (tertiary/aromatic N) is 3. The Morgan fingerprint density at radius 2 is 1.67 bits per heavy atom. The summed E-state index contributed by atoms with van der Waals surface area (Å²) in [6.07, 6.45) is -0.539. The predicted octanol–water partition coefficient (Wildman–Crippen LogP) is 6.03. The fourth-order valence-electron chi connectivity index (χ4n) is 3.34. The van der Waals surface area contributed by atoms with Crippen LogP contribution in [0.5, 0.6) is 0 Å². The molecule has 3 rings (SSSR count). The number of ether oxygens (including phenoxy) is 2. The van der Waals surface area contributed by atoms with Gasteiger partial charge in [-0.05, 0) is 56.6 Å². The van der Waals surface area contributed by atoms with E-state index in [-0.39, 0.29) is 11.6 Å². The highest BCUT2D eigenvalue weighted by atomic mass is 28.4. The average molecular weight is 513 g/mol. The highest BCUT2D eigenvalue weighted by Crippen LogP contribution is 2.37. The fourth-order valence-corrected chi connectivity index (χ4v) is 4.28. The molecule has 0 aliphatic heterocycles. The van der Waals surface area contributed by atoms with Gasteiger partial charge in [-0.1, -0.05) is 57.2 Å². The first-order valence-electron chi connectivity index (χ1n) is 12.3. The fraction of sp³-hybridized carbons (Fsp3) is 0.519. The molecule has 1 atom stereocenters. The van der Waals surface area contributed by atoms with E-state index in [0.29, 0.717) is 24.7 Å². The maximum Gasteiger partial charge on any atom is 0.408 e. The second-order valence-electron chi connectivity index (χ2n) is 11.5. The van der Waals surface area contributed by atoms with Crippen LogP contribution >= 0.6 is 0 Å². The van der Waals surface area contributed by atoms with Gasteiger partial charge in [-0.2, -0.15) is 0 Å². The van der Waals surface area contributed by atoms with Crippen molar-refractivity contribution in [1.29, 1.82) is 0 Å². The van der Waals surface area contributed by atoms with Crippen molar-refractivity contribution < 1.29 is 18.7 Å². The maximum absolute atomic E-state index is 12.7. The van der Waals surface area contributed by atoms with Gasteiger partial charge < -0.3 is 19.2 Å². The lowest BCUT2D eigenvalue weighted by atomic mass is 10.2. The number of amides is 1. The second-order valence-corrected chi connectivity index (χ2v) is 16.3. The van der Waals surface area contributed by atoms with Crippen LogP contribution in [0, 0.1) is 0 Å². The summed E-state index contributed by atoms with van der Waals surface area (Å²) in [5.74, 6) is 0.568. The minimum absolute atomic E-state index is 0.0863. The summed E-state index contributed by atoms with van der Waals surface area (Å²) >= 11 is 0. The Bertz CT molecular complexity index is 1150. The summed E-state index contributed by atoms with van der Waals surface area (Å²) in [7, 11) is -1.98. The molecule has 0 aliphatic rings. The first-order chi connectivity index (χ1) is 16.8. The summed E-state index contributed by atoms with van der Waals surface area (Å²) in [6.45, 7) is 17.6. The first-order valence-corrected chi connectivity index (χ1v) is 15.3. The van der Waals surface area contributed by atoms with Gasteiger partial charge in [0.25, 0.3) is 0 Å². The quantitative estimate of drug-likeness (QED) is 0.352. The van der Waals surface area contributed by atoms with Crippen LogP contribution in [0.25, 0.3) is 5.65 Å². The van der Waals surface area contributed by atoms with Crippen LogP contribution < -0.4 is 5.32 Å². The molecular weight excluding hydrogens is 472 g/mol. The number of nitrogens with one attached hydrogen (secondary N) is 1. The Hall–Kier alpha value is -2.75. The van der Waals surface area contributed by atoms with E-state index in [0.717, 1.165) is 11.3 Å². The van der Waals surface area contributed by atoms with E-state index in [9.17, 15) is 4.79 Å². The predicted molar refractivity (Wildman–Crippen MR) is 143 cm³/mol. The highest BCUT2D eigenvalue weighted by molar-refractivity contribution is 6.74. The zero-order valence-electron chi connectivity index (χ0n) is 22.8. The van der Waals surface area contributed by atoms with Crippen molar-refractivity contribution in [1.82, 2.24) is 19.9 Å². The molecule has 0 spiro atoms. The van der Waals surface area contributed by atoms with Crippen LogP contribution in [0.4, 0.5) is 4.79 Å². The van der Waals surface area contributed by atoms with Crippen LogP contribution in [0.1, 0.15) is 64.7 Å². The molecule has 36 heavy (non-hydrogen) atoms. The van der Waals surface area contributed by atoms with Crippen molar-refractivity contribution in [3.05, 3.63) is 65.6 Å². The molecule has 0 bridgehead atoms. The van der Waals surface area contributed by atoms with Gasteiger partial charge in [0.05, 0.1) is 25.5 Å². The van der Waals surface area contributed by atoms with Crippen molar-refractivity contribution in [3.63, 3.8) is 0 Å². The topological polar surface area (TPSA) is 87.0 Å². The molecule has 0 saturated heterocycles. The van der Waals surface area contributed by atoms with Gasteiger partial charge in [-0.15, -0.1) is 10.2 Å². The molecule has 2 heterocycles. The van der Waals surface area contributed by atoms with E-state index >= 15 is 0 Å². The number of pyridine rings is 1. The largest absolute Gasteiger partial charge is 0.444 e. The molecule has 0 fully saturated rings. The molecule has 196 valence electrons. The number of aromatic nitrogens is 3. The van der Waals surface area contributed by atoms with Crippen molar-refractivity contribution in [2.24, 2.45) is 0 Å². The van der Waals surface area contributed by atoms with E-state index in [1.54, 1.807) is 0 Å². The molecule has 9 heteroatoms. The third kappa shape index (κ3) is 7.38. The van der Waals surface area contributed by atoms with Crippen molar-refractivity contribution in [3.8, 4) is 0 Å². The molecular formula is C27H40N4O4Si. The van der Waals surface area contributed by atoms with Gasteiger partial charge in [0.2, 0.25) is 0 Å². The zero-order valence-corrected chi connectivity index (χ0v) is 23.8. The summed E-state index contributed by atoms with van der Waals surface area (Å²) in [6, 6.07) is 15.2. The van der Waals surface area contributed by atoms with E-state index in [1.807, 2.05) is 73.7 Å². The molecule has 0 saturated carbocycles. The van der Waals surface area contributed by atoms with Crippen LogP contribution in [-0.2, 0) is 27.1 Å². The molecule has 1 aromatic carbocycles. The lowest BCUT2D eigenvalue weighted by molar-refractivity contribution is 0.0419. The molecule has 0 unspecified atom stereocenters. The van der Waals surface area contributed by atoms with Gasteiger partial charge in [0, 0.05) is 0 Å². The molecule has 3 aromatic rings. The van der Waals surface area contributed by atoms with Crippen LogP contribution in [0.2, 0.25) is 18.1 Å². The van der Waals surface area contributed by atoms with Crippen molar-refractivity contribution >= 4 is 20.1 Å². The van der Waals surface area contributed by atoms with Crippen molar-refractivity contribution in [2.75, 3.05) is 6.61 Å². The lowest BCUT2D eigenvalue weighted by Crippen LogP contribution is -2.40. The highest BCUT2D eigenvalue weighted by Gasteiger charge is 2.37. The Balaban J connectivity index is 1.89. The monoisotopic (exact) mass is 512 g/mol. The molecule has 0 radical (unpaired) electrons.